The first-order chi connectivity index (χ1) is 8.79. The fourth-order valence-corrected chi connectivity index (χ4v) is 3.41. The van der Waals surface area contributed by atoms with E-state index in [-0.39, 0.29) is 6.10 Å². The van der Waals surface area contributed by atoms with Crippen molar-refractivity contribution in [1.29, 1.82) is 0 Å². The Bertz CT molecular complexity index is 664. The highest BCUT2D eigenvalue weighted by molar-refractivity contribution is 9.11. The number of nitrogens with zero attached hydrogens (tertiary/aromatic N) is 3. The van der Waals surface area contributed by atoms with Gasteiger partial charge in [-0.3, -0.25) is 9.38 Å². The molecular weight excluding hydrogens is 314 g/mol. The average Bonchev–Trinajstić information content (AvgIpc) is 2.92. The monoisotopic (exact) mass is 323 g/mol. The van der Waals surface area contributed by atoms with Crippen LogP contribution in [0.1, 0.15) is 17.4 Å². The lowest BCUT2D eigenvalue weighted by molar-refractivity contribution is 0.134. The standard InChI is InChI=1S/C12H10BrN3OS/c1-17-11(8-3-2-4-14-5-8)10-12-16(7-15-10)6-9(13)18-12/h2-7,11H,1H3. The number of halogens is 1. The molecule has 1 unspecified atom stereocenters. The molecule has 18 heavy (non-hydrogen) atoms. The van der Waals surface area contributed by atoms with E-state index >= 15 is 0 Å². The first-order valence-electron chi connectivity index (χ1n) is 5.34. The van der Waals surface area contributed by atoms with Crippen LogP contribution >= 0.6 is 27.3 Å². The lowest BCUT2D eigenvalue weighted by Crippen LogP contribution is -2.04. The van der Waals surface area contributed by atoms with E-state index in [4.69, 9.17) is 4.74 Å². The molecule has 3 rings (SSSR count). The van der Waals surface area contributed by atoms with E-state index in [1.807, 2.05) is 28.9 Å². The van der Waals surface area contributed by atoms with Gasteiger partial charge in [-0.15, -0.1) is 11.3 Å². The summed E-state index contributed by atoms with van der Waals surface area (Å²) in [5.74, 6) is 0. The fourth-order valence-electron chi connectivity index (χ4n) is 1.91. The number of methoxy groups -OCH3 is 1. The fraction of sp³-hybridized carbons (Fsp3) is 0.167. The first-order valence-corrected chi connectivity index (χ1v) is 6.95. The van der Waals surface area contributed by atoms with Crippen LogP contribution in [0.4, 0.5) is 0 Å². The van der Waals surface area contributed by atoms with Crippen LogP contribution in [0, 0.1) is 0 Å². The first kappa shape index (κ1) is 11.8. The molecule has 3 heterocycles. The van der Waals surface area contributed by atoms with Crippen molar-refractivity contribution < 1.29 is 4.74 Å². The number of imidazole rings is 1. The lowest BCUT2D eigenvalue weighted by Gasteiger charge is -2.12. The molecule has 0 N–H and O–H groups in total. The van der Waals surface area contributed by atoms with Crippen molar-refractivity contribution in [2.75, 3.05) is 7.11 Å². The van der Waals surface area contributed by atoms with E-state index in [1.165, 1.54) is 0 Å². The normalized spacial score (nSPS) is 13.0. The Morgan fingerprint density at radius 3 is 3.11 bits per heavy atom. The van der Waals surface area contributed by atoms with Gasteiger partial charge in [0.1, 0.15) is 23.0 Å². The molecule has 0 aliphatic heterocycles. The smallest absolute Gasteiger partial charge is 0.129 e. The summed E-state index contributed by atoms with van der Waals surface area (Å²) in [7, 11) is 1.69. The van der Waals surface area contributed by atoms with Crippen LogP contribution in [0.25, 0.3) is 4.83 Å². The molecular formula is C12H10BrN3OS. The molecule has 0 aromatic carbocycles. The molecule has 0 amide bonds. The molecule has 0 aliphatic rings. The van der Waals surface area contributed by atoms with Crippen LogP contribution in [0.2, 0.25) is 0 Å². The van der Waals surface area contributed by atoms with Crippen LogP contribution in [0.5, 0.6) is 0 Å². The number of aromatic nitrogens is 3. The van der Waals surface area contributed by atoms with Gasteiger partial charge in [0.05, 0.1) is 3.79 Å². The van der Waals surface area contributed by atoms with E-state index in [1.54, 1.807) is 31.0 Å². The van der Waals surface area contributed by atoms with Crippen LogP contribution in [0.15, 0.2) is 40.8 Å². The summed E-state index contributed by atoms with van der Waals surface area (Å²) >= 11 is 5.12. The van der Waals surface area contributed by atoms with E-state index in [0.717, 1.165) is 19.9 Å². The zero-order valence-corrected chi connectivity index (χ0v) is 12.0. The summed E-state index contributed by atoms with van der Waals surface area (Å²) in [4.78, 5) is 9.65. The van der Waals surface area contributed by atoms with Crippen molar-refractivity contribution in [2.24, 2.45) is 0 Å². The number of rotatable bonds is 3. The van der Waals surface area contributed by atoms with E-state index in [2.05, 4.69) is 25.9 Å². The van der Waals surface area contributed by atoms with Crippen molar-refractivity contribution in [2.45, 2.75) is 6.10 Å². The Labute approximate surface area is 116 Å². The third kappa shape index (κ3) is 1.96. The van der Waals surface area contributed by atoms with E-state index < -0.39 is 0 Å². The molecule has 0 aliphatic carbocycles. The van der Waals surface area contributed by atoms with Gasteiger partial charge in [-0.2, -0.15) is 0 Å². The number of hydrogen-bond acceptors (Lipinski definition) is 4. The summed E-state index contributed by atoms with van der Waals surface area (Å²) in [5.41, 5.74) is 1.92. The predicted molar refractivity (Wildman–Crippen MR) is 73.9 cm³/mol. The van der Waals surface area contributed by atoms with Gasteiger partial charge in [0, 0.05) is 31.3 Å². The molecule has 3 aromatic heterocycles. The Hall–Kier alpha value is -1.24. The molecule has 1 atom stereocenters. The van der Waals surface area contributed by atoms with Gasteiger partial charge in [0.25, 0.3) is 0 Å². The molecule has 0 saturated carbocycles. The third-order valence-corrected chi connectivity index (χ3v) is 4.28. The van der Waals surface area contributed by atoms with Gasteiger partial charge in [0.2, 0.25) is 0 Å². The van der Waals surface area contributed by atoms with Crippen LogP contribution in [0.3, 0.4) is 0 Å². The summed E-state index contributed by atoms with van der Waals surface area (Å²) in [6.07, 6.45) is 7.16. The second kappa shape index (κ2) is 4.79. The number of hydrogen-bond donors (Lipinski definition) is 0. The van der Waals surface area contributed by atoms with Gasteiger partial charge in [0.15, 0.2) is 0 Å². The Morgan fingerprint density at radius 1 is 1.50 bits per heavy atom. The number of ether oxygens (including phenoxy) is 1. The van der Waals surface area contributed by atoms with Crippen LogP contribution in [-0.4, -0.2) is 21.5 Å². The average molecular weight is 324 g/mol. The summed E-state index contributed by atoms with van der Waals surface area (Å²) < 4.78 is 8.64. The molecule has 3 aromatic rings. The second-order valence-corrected chi connectivity index (χ2v) is 6.19. The highest BCUT2D eigenvalue weighted by Crippen LogP contribution is 2.32. The Morgan fingerprint density at radius 2 is 2.39 bits per heavy atom. The van der Waals surface area contributed by atoms with Crippen molar-refractivity contribution >= 4 is 32.1 Å². The molecule has 0 fully saturated rings. The van der Waals surface area contributed by atoms with Crippen molar-refractivity contribution in [1.82, 2.24) is 14.4 Å². The maximum Gasteiger partial charge on any atom is 0.129 e. The van der Waals surface area contributed by atoms with Gasteiger partial charge in [-0.05, 0) is 22.0 Å². The molecule has 92 valence electrons. The summed E-state index contributed by atoms with van der Waals surface area (Å²) in [6.45, 7) is 0. The quantitative estimate of drug-likeness (QED) is 0.742. The SMILES string of the molecule is COC(c1cccnc1)c1ncn2cc(Br)sc12. The van der Waals surface area contributed by atoms with Gasteiger partial charge in [-0.1, -0.05) is 6.07 Å². The molecule has 0 radical (unpaired) electrons. The minimum absolute atomic E-state index is 0.186. The maximum atomic E-state index is 5.57. The predicted octanol–water partition coefficient (Wildman–Crippen LogP) is 3.29. The van der Waals surface area contributed by atoms with Crippen molar-refractivity contribution in [3.8, 4) is 0 Å². The zero-order valence-electron chi connectivity index (χ0n) is 9.58. The number of fused-ring (bicyclic) bond motifs is 1. The molecule has 0 bridgehead atoms. The largest absolute Gasteiger partial charge is 0.370 e. The van der Waals surface area contributed by atoms with Gasteiger partial charge in [-0.25, -0.2) is 4.98 Å². The third-order valence-electron chi connectivity index (χ3n) is 2.68. The Kier molecular flexibility index (Phi) is 3.15. The highest BCUT2D eigenvalue weighted by Gasteiger charge is 2.20. The number of thiazole rings is 1. The molecule has 6 heteroatoms. The summed E-state index contributed by atoms with van der Waals surface area (Å²) in [5, 5.41) is 0. The molecule has 0 spiro atoms. The minimum atomic E-state index is -0.186. The van der Waals surface area contributed by atoms with E-state index in [0.29, 0.717) is 0 Å². The molecule has 4 nitrogen and oxygen atoms in total. The van der Waals surface area contributed by atoms with Gasteiger partial charge >= 0.3 is 0 Å². The minimum Gasteiger partial charge on any atom is -0.370 e. The van der Waals surface area contributed by atoms with Crippen LogP contribution in [-0.2, 0) is 4.74 Å². The topological polar surface area (TPSA) is 39.4 Å². The van der Waals surface area contributed by atoms with Crippen molar-refractivity contribution in [3.05, 3.63) is 52.1 Å². The number of pyridine rings is 1. The van der Waals surface area contributed by atoms with Gasteiger partial charge < -0.3 is 4.74 Å². The second-order valence-electron chi connectivity index (χ2n) is 3.78. The summed E-state index contributed by atoms with van der Waals surface area (Å²) in [6, 6.07) is 3.90. The highest BCUT2D eigenvalue weighted by atomic mass is 79.9. The van der Waals surface area contributed by atoms with Crippen molar-refractivity contribution in [3.63, 3.8) is 0 Å². The van der Waals surface area contributed by atoms with E-state index in [9.17, 15) is 0 Å². The zero-order chi connectivity index (χ0) is 12.5. The Balaban J connectivity index is 2.11. The maximum absolute atomic E-state index is 5.57. The molecule has 0 saturated heterocycles. The lowest BCUT2D eigenvalue weighted by atomic mass is 10.1. The van der Waals surface area contributed by atoms with Crippen LogP contribution < -0.4 is 0 Å².